The fraction of sp³-hybridized carbons (Fsp3) is 0.400. The minimum atomic E-state index is -4.45. The van der Waals surface area contributed by atoms with E-state index in [9.17, 15) is 26.4 Å². The molecular formula is C20H25F3N4O3S. The zero-order valence-electron chi connectivity index (χ0n) is 17.5. The minimum absolute atomic E-state index is 0.0796. The van der Waals surface area contributed by atoms with Gasteiger partial charge in [0.1, 0.15) is 5.82 Å². The van der Waals surface area contributed by atoms with Crippen LogP contribution in [0.25, 0.3) is 0 Å². The first kappa shape index (κ1) is 24.6. The third-order valence-electron chi connectivity index (χ3n) is 4.58. The predicted octanol–water partition coefficient (Wildman–Crippen LogP) is 3.28. The zero-order valence-corrected chi connectivity index (χ0v) is 18.3. The molecule has 0 fully saturated rings. The standard InChI is InChI=1S/C20H25F3N4O3S/c1-4-27(5-2)31(29,30)17-12-15(7-6-14(17)3)19(28)25-11-10-24-18-9-8-16(13-26-18)20(21,22)23/h6-9,12-13H,4-5,10-11H2,1-3H3,(H,24,26)(H,25,28). The summed E-state index contributed by atoms with van der Waals surface area (Å²) in [5.74, 6) is -0.219. The number of carbonyl (C=O) groups excluding carboxylic acids is 1. The average Bonchev–Trinajstić information content (AvgIpc) is 2.71. The molecule has 0 aliphatic heterocycles. The Morgan fingerprint density at radius 2 is 1.77 bits per heavy atom. The van der Waals surface area contributed by atoms with Gasteiger partial charge in [0.15, 0.2) is 0 Å². The van der Waals surface area contributed by atoms with Gasteiger partial charge < -0.3 is 10.6 Å². The van der Waals surface area contributed by atoms with Crippen molar-refractivity contribution in [2.75, 3.05) is 31.5 Å². The van der Waals surface area contributed by atoms with Gasteiger partial charge in [0, 0.05) is 37.9 Å². The molecule has 2 rings (SSSR count). The molecule has 31 heavy (non-hydrogen) atoms. The summed E-state index contributed by atoms with van der Waals surface area (Å²) in [5, 5.41) is 5.45. The van der Waals surface area contributed by atoms with Gasteiger partial charge in [-0.3, -0.25) is 4.79 Å². The molecule has 0 aliphatic rings. The monoisotopic (exact) mass is 458 g/mol. The zero-order chi connectivity index (χ0) is 23.2. The molecule has 170 valence electrons. The number of alkyl halides is 3. The molecule has 0 radical (unpaired) electrons. The van der Waals surface area contributed by atoms with E-state index in [4.69, 9.17) is 0 Å². The molecule has 0 saturated carbocycles. The number of benzene rings is 1. The summed E-state index contributed by atoms with van der Waals surface area (Å²) in [7, 11) is -3.71. The van der Waals surface area contributed by atoms with Crippen LogP contribution in [0.1, 0.15) is 35.3 Å². The molecule has 0 spiro atoms. The van der Waals surface area contributed by atoms with Gasteiger partial charge in [0.2, 0.25) is 10.0 Å². The Labute approximate surface area is 179 Å². The molecule has 1 amide bonds. The second-order valence-electron chi connectivity index (χ2n) is 6.68. The summed E-state index contributed by atoms with van der Waals surface area (Å²) in [4.78, 5) is 16.2. The number of carbonyl (C=O) groups is 1. The maximum Gasteiger partial charge on any atom is 0.417 e. The Morgan fingerprint density at radius 1 is 1.10 bits per heavy atom. The van der Waals surface area contributed by atoms with E-state index >= 15 is 0 Å². The molecule has 1 aromatic carbocycles. The number of rotatable bonds is 9. The normalized spacial score (nSPS) is 12.1. The number of aryl methyl sites for hydroxylation is 1. The van der Waals surface area contributed by atoms with E-state index < -0.39 is 27.7 Å². The lowest BCUT2D eigenvalue weighted by Crippen LogP contribution is -2.32. The molecule has 11 heteroatoms. The first-order chi connectivity index (χ1) is 14.5. The number of nitrogens with one attached hydrogen (secondary N) is 2. The van der Waals surface area contributed by atoms with E-state index in [2.05, 4.69) is 15.6 Å². The summed E-state index contributed by atoms with van der Waals surface area (Å²) in [6.07, 6.45) is -3.73. The van der Waals surface area contributed by atoms with E-state index in [1.165, 1.54) is 22.5 Å². The van der Waals surface area contributed by atoms with Crippen LogP contribution in [-0.4, -0.2) is 49.8 Å². The van der Waals surface area contributed by atoms with Crippen molar-refractivity contribution in [1.29, 1.82) is 0 Å². The maximum atomic E-state index is 12.8. The van der Waals surface area contributed by atoms with Crippen LogP contribution in [0.15, 0.2) is 41.4 Å². The van der Waals surface area contributed by atoms with E-state index in [1.807, 2.05) is 0 Å². The largest absolute Gasteiger partial charge is 0.417 e. The van der Waals surface area contributed by atoms with Crippen molar-refractivity contribution in [2.24, 2.45) is 0 Å². The molecule has 0 aliphatic carbocycles. The van der Waals surface area contributed by atoms with E-state index in [-0.39, 0.29) is 29.4 Å². The van der Waals surface area contributed by atoms with Crippen LogP contribution in [0, 0.1) is 6.92 Å². The molecule has 1 aromatic heterocycles. The average molecular weight is 459 g/mol. The number of pyridine rings is 1. The lowest BCUT2D eigenvalue weighted by molar-refractivity contribution is -0.137. The Bertz CT molecular complexity index is 1010. The highest BCUT2D eigenvalue weighted by molar-refractivity contribution is 7.89. The van der Waals surface area contributed by atoms with Crippen LogP contribution < -0.4 is 10.6 Å². The van der Waals surface area contributed by atoms with Crippen LogP contribution in [0.5, 0.6) is 0 Å². The summed E-state index contributed by atoms with van der Waals surface area (Å²) in [6, 6.07) is 6.59. The molecule has 2 N–H and O–H groups in total. The van der Waals surface area contributed by atoms with Crippen molar-refractivity contribution in [3.63, 3.8) is 0 Å². The lowest BCUT2D eigenvalue weighted by atomic mass is 10.1. The fourth-order valence-electron chi connectivity index (χ4n) is 2.86. The Morgan fingerprint density at radius 3 is 2.32 bits per heavy atom. The number of amides is 1. The summed E-state index contributed by atoms with van der Waals surface area (Å²) in [6.45, 7) is 6.17. The number of hydrogen-bond donors (Lipinski definition) is 2. The number of nitrogens with zero attached hydrogens (tertiary/aromatic N) is 2. The van der Waals surface area contributed by atoms with Crippen LogP contribution in [0.4, 0.5) is 19.0 Å². The number of hydrogen-bond acceptors (Lipinski definition) is 5. The maximum absolute atomic E-state index is 12.8. The quantitative estimate of drug-likeness (QED) is 0.563. The third kappa shape index (κ3) is 6.17. The summed E-state index contributed by atoms with van der Waals surface area (Å²) < 4.78 is 64.5. The topological polar surface area (TPSA) is 91.4 Å². The van der Waals surface area contributed by atoms with Crippen LogP contribution >= 0.6 is 0 Å². The number of halogens is 3. The second kappa shape index (κ2) is 10.1. The van der Waals surface area contributed by atoms with Gasteiger partial charge in [-0.25, -0.2) is 13.4 Å². The third-order valence-corrected chi connectivity index (χ3v) is 6.77. The highest BCUT2D eigenvalue weighted by Gasteiger charge is 2.30. The summed E-state index contributed by atoms with van der Waals surface area (Å²) in [5.41, 5.74) is -0.108. The highest BCUT2D eigenvalue weighted by Crippen LogP contribution is 2.28. The van der Waals surface area contributed by atoms with Gasteiger partial charge in [-0.1, -0.05) is 19.9 Å². The second-order valence-corrected chi connectivity index (χ2v) is 8.59. The van der Waals surface area contributed by atoms with Crippen molar-refractivity contribution in [3.05, 3.63) is 53.2 Å². The fourth-order valence-corrected chi connectivity index (χ4v) is 4.57. The Balaban J connectivity index is 1.99. The molecule has 0 unspecified atom stereocenters. The first-order valence-corrected chi connectivity index (χ1v) is 11.1. The molecule has 0 atom stereocenters. The smallest absolute Gasteiger partial charge is 0.368 e. The van der Waals surface area contributed by atoms with Crippen molar-refractivity contribution in [1.82, 2.24) is 14.6 Å². The van der Waals surface area contributed by atoms with Gasteiger partial charge in [0.05, 0.1) is 10.5 Å². The highest BCUT2D eigenvalue weighted by atomic mass is 32.2. The van der Waals surface area contributed by atoms with Crippen LogP contribution in [0.2, 0.25) is 0 Å². The number of anilines is 1. The number of aromatic nitrogens is 1. The van der Waals surface area contributed by atoms with Gasteiger partial charge in [-0.15, -0.1) is 0 Å². The minimum Gasteiger partial charge on any atom is -0.368 e. The SMILES string of the molecule is CCN(CC)S(=O)(=O)c1cc(C(=O)NCCNc2ccc(C(F)(F)F)cn2)ccc1C. The molecule has 7 nitrogen and oxygen atoms in total. The van der Waals surface area contributed by atoms with Gasteiger partial charge >= 0.3 is 6.18 Å². The predicted molar refractivity (Wildman–Crippen MR) is 111 cm³/mol. The molecule has 0 saturated heterocycles. The van der Waals surface area contributed by atoms with E-state index in [0.29, 0.717) is 18.7 Å². The van der Waals surface area contributed by atoms with Crippen molar-refractivity contribution >= 4 is 21.7 Å². The Hall–Kier alpha value is -2.66. The summed E-state index contributed by atoms with van der Waals surface area (Å²) >= 11 is 0. The van der Waals surface area contributed by atoms with E-state index in [0.717, 1.165) is 12.3 Å². The van der Waals surface area contributed by atoms with Crippen molar-refractivity contribution in [2.45, 2.75) is 31.8 Å². The first-order valence-electron chi connectivity index (χ1n) is 9.66. The van der Waals surface area contributed by atoms with Crippen molar-refractivity contribution in [3.8, 4) is 0 Å². The number of sulfonamides is 1. The molecule has 2 aromatic rings. The molecule has 0 bridgehead atoms. The molecular weight excluding hydrogens is 433 g/mol. The van der Waals surface area contributed by atoms with Gasteiger partial charge in [-0.05, 0) is 36.8 Å². The molecule has 1 heterocycles. The van der Waals surface area contributed by atoms with Crippen LogP contribution in [0.3, 0.4) is 0 Å². The lowest BCUT2D eigenvalue weighted by Gasteiger charge is -2.20. The van der Waals surface area contributed by atoms with Gasteiger partial charge in [0.25, 0.3) is 5.91 Å². The van der Waals surface area contributed by atoms with Crippen molar-refractivity contribution < 1.29 is 26.4 Å². The van der Waals surface area contributed by atoms with Gasteiger partial charge in [-0.2, -0.15) is 17.5 Å². The van der Waals surface area contributed by atoms with Crippen LogP contribution in [-0.2, 0) is 16.2 Å². The van der Waals surface area contributed by atoms with E-state index in [1.54, 1.807) is 26.8 Å². The Kier molecular flexibility index (Phi) is 8.02.